The largest absolute Gasteiger partial charge is 0.439 e. The molecule has 9 aromatic rings. The summed E-state index contributed by atoms with van der Waals surface area (Å²) < 4.78 is 8.80. The zero-order valence-electron chi connectivity index (χ0n) is 33.4. The molecule has 2 fully saturated rings. The van der Waals surface area contributed by atoms with Crippen LogP contribution in [0.2, 0.25) is 0 Å². The molecule has 0 unspecified atom stereocenters. The predicted octanol–water partition coefficient (Wildman–Crippen LogP) is 5.43. The fraction of sp³-hybridized carbons (Fsp3) is 0.295. The number of fused-ring (bicyclic) bond motifs is 10. The van der Waals surface area contributed by atoms with Crippen LogP contribution in [-0.2, 0) is 0 Å². The number of para-hydroxylation sites is 4. The minimum Gasteiger partial charge on any atom is -0.409 e. The van der Waals surface area contributed by atoms with Gasteiger partial charge < -0.3 is 30.5 Å². The second kappa shape index (κ2) is 16.2. The van der Waals surface area contributed by atoms with Gasteiger partial charge in [-0.25, -0.2) is 24.7 Å². The number of imidazole rings is 2. The van der Waals surface area contributed by atoms with Crippen LogP contribution in [0.15, 0.2) is 99.4 Å². The van der Waals surface area contributed by atoms with Crippen molar-refractivity contribution in [2.75, 3.05) is 76.3 Å². The van der Waals surface area contributed by atoms with Gasteiger partial charge in [0.25, 0.3) is 0 Å². The van der Waals surface area contributed by atoms with Gasteiger partial charge in [-0.1, -0.05) is 42.0 Å². The quantitative estimate of drug-likeness (QED) is 0.0883. The third-order valence-corrected chi connectivity index (χ3v) is 11.6. The molecule has 0 spiro atoms. The molecule has 0 bridgehead atoms. The Morgan fingerprint density at radius 2 is 1.21 bits per heavy atom. The van der Waals surface area contributed by atoms with E-state index in [0.29, 0.717) is 28.2 Å². The number of aromatic nitrogens is 8. The molecule has 0 amide bonds. The lowest BCUT2D eigenvalue weighted by molar-refractivity contribution is 0.318. The fourth-order valence-electron chi connectivity index (χ4n) is 8.43. The van der Waals surface area contributed by atoms with Gasteiger partial charge in [0.1, 0.15) is 22.9 Å². The normalized spacial score (nSPS) is 16.0. The molecule has 0 radical (unpaired) electrons. The van der Waals surface area contributed by atoms with Crippen molar-refractivity contribution < 1.29 is 9.73 Å². The number of amidine groups is 1. The minimum absolute atomic E-state index is 0. The number of nitrogens with zero attached hydrogens (tertiary/aromatic N) is 12. The number of nitrogens with two attached hydrogens (primary N) is 1. The van der Waals surface area contributed by atoms with Crippen LogP contribution in [0.5, 0.6) is 0 Å². The molecular weight excluding hydrogens is 773 g/mol. The summed E-state index contributed by atoms with van der Waals surface area (Å²) in [5.41, 5.74) is 13.8. The van der Waals surface area contributed by atoms with Gasteiger partial charge in [-0.3, -0.25) is 18.3 Å². The van der Waals surface area contributed by atoms with Gasteiger partial charge in [-0.2, -0.15) is 0 Å². The van der Waals surface area contributed by atoms with E-state index in [2.05, 4.69) is 73.3 Å². The summed E-state index contributed by atoms with van der Waals surface area (Å²) in [5.74, 6) is 1.72. The lowest BCUT2D eigenvalue weighted by atomic mass is 10.2. The van der Waals surface area contributed by atoms with Crippen LogP contribution in [-0.4, -0.2) is 126 Å². The second-order valence-electron chi connectivity index (χ2n) is 15.5. The van der Waals surface area contributed by atoms with E-state index in [1.165, 1.54) is 0 Å². The summed E-state index contributed by atoms with van der Waals surface area (Å²) in [5, 5.41) is 18.2. The zero-order valence-corrected chi connectivity index (χ0v) is 33.4. The Morgan fingerprint density at radius 1 is 0.672 bits per heavy atom. The average Bonchev–Trinajstić information content (AvgIpc) is 3.90. The maximum atomic E-state index is 11.6. The number of pyridine rings is 4. The summed E-state index contributed by atoms with van der Waals surface area (Å²) in [4.78, 5) is 43.3. The minimum atomic E-state index is -0.594. The Hall–Kier alpha value is -7.11. The maximum Gasteiger partial charge on any atom is 0.439 e. The first kappa shape index (κ1) is 39.4. The highest BCUT2D eigenvalue weighted by Gasteiger charge is 2.21. The number of nitrogens with one attached hydrogen (secondary N) is 1. The first-order chi connectivity index (χ1) is 29.3. The van der Waals surface area contributed by atoms with Gasteiger partial charge in [0.15, 0.2) is 23.0 Å². The van der Waals surface area contributed by atoms with Gasteiger partial charge in [0, 0.05) is 50.0 Å². The highest BCUT2D eigenvalue weighted by atomic mass is 16.5. The fourth-order valence-corrected chi connectivity index (χ4v) is 8.43. The first-order valence-corrected chi connectivity index (χ1v) is 20.2. The van der Waals surface area contributed by atoms with Gasteiger partial charge in [0.05, 0.1) is 33.2 Å². The van der Waals surface area contributed by atoms with Crippen LogP contribution in [0.3, 0.4) is 0 Å². The highest BCUT2D eigenvalue weighted by molar-refractivity contribution is 6.07. The number of H-pyrrole nitrogens is 1. The Bertz CT molecular complexity index is 3150. The molecule has 61 heavy (non-hydrogen) atoms. The van der Waals surface area contributed by atoms with Crippen LogP contribution in [0, 0.1) is 0 Å². The van der Waals surface area contributed by atoms with Crippen molar-refractivity contribution in [3.63, 3.8) is 0 Å². The number of anilines is 2. The Morgan fingerprint density at radius 3 is 1.77 bits per heavy atom. The van der Waals surface area contributed by atoms with Crippen molar-refractivity contribution in [1.82, 2.24) is 48.7 Å². The van der Waals surface area contributed by atoms with Gasteiger partial charge in [-0.15, -0.1) is 0 Å². The molecule has 17 heteroatoms. The molecule has 0 aliphatic carbocycles. The Labute approximate surface area is 350 Å². The second-order valence-corrected chi connectivity index (χ2v) is 15.5. The first-order valence-electron chi connectivity index (χ1n) is 20.2. The summed E-state index contributed by atoms with van der Waals surface area (Å²) in [6.07, 6.45) is 2.22. The van der Waals surface area contributed by atoms with E-state index in [1.54, 1.807) is 0 Å². The van der Waals surface area contributed by atoms with Crippen LogP contribution in [0.25, 0.3) is 66.8 Å². The van der Waals surface area contributed by atoms with Crippen molar-refractivity contribution in [1.29, 1.82) is 0 Å². The molecule has 7 aromatic heterocycles. The average molecular weight is 821 g/mol. The SMILES string of the molecule is C.CN1CCCN(c2ccc3cc(-c4noc(=O)[nH]4)c4nc5ccccc5n4c3n2)CC1.CN1CCCN(c2ccc3cc(C(N)=NO)c4nc5ccccc5n4c3n2)CC1. The molecule has 17 nitrogen and oxygen atoms in total. The summed E-state index contributed by atoms with van der Waals surface area (Å²) in [6, 6.07) is 27.9. The van der Waals surface area contributed by atoms with E-state index in [1.807, 2.05) is 69.5 Å². The topological polar surface area (TPSA) is 191 Å². The standard InChI is InChI=1S/C22H21N7O2.C21H23N7O.CH4/c1-27-9-4-10-28(12-11-27)18-8-7-14-13-15(19-25-22(30)31-26-19)21-23-16-5-2-3-6-17(16)29(21)20(14)24-18;1-26-9-4-10-27(12-11-26)18-8-7-14-13-15(19(22)25-29)21-23-16-5-2-3-6-17(16)28(21)20(14)24-18;/h2-3,5-8,13H,4,9-12H2,1H3,(H,25,26,30);2-3,5-8,13,29H,4,9-12H2,1H3,(H2,22,25);1H4. The van der Waals surface area contributed by atoms with E-state index in [0.717, 1.165) is 121 Å². The van der Waals surface area contributed by atoms with Crippen molar-refractivity contribution in [3.05, 3.63) is 101 Å². The predicted molar refractivity (Wildman–Crippen MR) is 240 cm³/mol. The molecule has 4 N–H and O–H groups in total. The zero-order chi connectivity index (χ0) is 40.9. The number of likely N-dealkylation sites (N-methyl/N-ethyl adjacent to an activating group) is 2. The van der Waals surface area contributed by atoms with Crippen molar-refractivity contribution in [3.8, 4) is 11.4 Å². The summed E-state index contributed by atoms with van der Waals surface area (Å²) >= 11 is 0. The molecule has 0 saturated carbocycles. The molecule has 11 rings (SSSR count). The number of benzene rings is 2. The Balaban J connectivity index is 0.000000154. The molecule has 2 aliphatic rings. The summed E-state index contributed by atoms with van der Waals surface area (Å²) in [6.45, 7) is 8.09. The third-order valence-electron chi connectivity index (χ3n) is 11.6. The molecule has 9 heterocycles. The molecule has 312 valence electrons. The van der Waals surface area contributed by atoms with E-state index >= 15 is 0 Å². The third kappa shape index (κ3) is 7.20. The molecule has 2 saturated heterocycles. The van der Waals surface area contributed by atoms with Crippen LogP contribution >= 0.6 is 0 Å². The lowest BCUT2D eigenvalue weighted by Crippen LogP contribution is -2.29. The van der Waals surface area contributed by atoms with Crippen LogP contribution in [0.4, 0.5) is 11.6 Å². The van der Waals surface area contributed by atoms with Gasteiger partial charge in [0.2, 0.25) is 0 Å². The molecule has 0 atom stereocenters. The van der Waals surface area contributed by atoms with Gasteiger partial charge >= 0.3 is 5.76 Å². The van der Waals surface area contributed by atoms with Crippen molar-refractivity contribution >= 4 is 72.9 Å². The molecule has 2 aromatic carbocycles. The number of hydrogen-bond acceptors (Lipinski definition) is 13. The number of aromatic amines is 1. The van der Waals surface area contributed by atoms with Gasteiger partial charge in [-0.05, 0) is 101 Å². The maximum absolute atomic E-state index is 11.6. The van der Waals surface area contributed by atoms with Crippen molar-refractivity contribution in [2.24, 2.45) is 10.9 Å². The van der Waals surface area contributed by atoms with E-state index in [4.69, 9.17) is 30.2 Å². The number of oxime groups is 1. The lowest BCUT2D eigenvalue weighted by Gasteiger charge is -2.22. The smallest absolute Gasteiger partial charge is 0.409 e. The van der Waals surface area contributed by atoms with E-state index in [-0.39, 0.29) is 13.3 Å². The number of rotatable bonds is 4. The van der Waals surface area contributed by atoms with Crippen LogP contribution in [0.1, 0.15) is 25.8 Å². The highest BCUT2D eigenvalue weighted by Crippen LogP contribution is 2.32. The van der Waals surface area contributed by atoms with E-state index in [9.17, 15) is 10.0 Å². The van der Waals surface area contributed by atoms with Crippen LogP contribution < -0.4 is 21.3 Å². The molecule has 2 aliphatic heterocycles. The molecular formula is C44H48N14O3. The van der Waals surface area contributed by atoms with E-state index < -0.39 is 5.76 Å². The number of hydrogen-bond donors (Lipinski definition) is 3. The Kier molecular flexibility index (Phi) is 10.4. The summed E-state index contributed by atoms with van der Waals surface area (Å²) in [7, 11) is 4.32. The monoisotopic (exact) mass is 820 g/mol. The van der Waals surface area contributed by atoms with Crippen molar-refractivity contribution in [2.45, 2.75) is 20.3 Å².